The van der Waals surface area contributed by atoms with Crippen LogP contribution in [0, 0.1) is 6.92 Å². The van der Waals surface area contributed by atoms with Gasteiger partial charge in [-0.1, -0.05) is 17.7 Å². The van der Waals surface area contributed by atoms with Crippen LogP contribution < -0.4 is 10.1 Å². The van der Waals surface area contributed by atoms with Crippen LogP contribution >= 0.6 is 11.6 Å². The number of halogens is 1. The van der Waals surface area contributed by atoms with E-state index in [1.54, 1.807) is 0 Å². The van der Waals surface area contributed by atoms with E-state index in [9.17, 15) is 4.79 Å². The molecule has 39 heavy (non-hydrogen) atoms. The van der Waals surface area contributed by atoms with Crippen LogP contribution in [-0.2, 0) is 17.8 Å². The second-order valence-corrected chi connectivity index (χ2v) is 11.7. The van der Waals surface area contributed by atoms with Crippen molar-refractivity contribution in [1.82, 2.24) is 34.7 Å². The Morgan fingerprint density at radius 3 is 2.67 bits per heavy atom. The van der Waals surface area contributed by atoms with Gasteiger partial charge in [0.1, 0.15) is 17.8 Å². The van der Waals surface area contributed by atoms with Crippen LogP contribution in [0.2, 0.25) is 5.02 Å². The number of rotatable bonds is 7. The number of hydrogen-bond donors (Lipinski definition) is 1. The molecule has 3 aliphatic heterocycles. The Morgan fingerprint density at radius 1 is 1.15 bits per heavy atom. The van der Waals surface area contributed by atoms with Crippen LogP contribution in [-0.4, -0.2) is 66.1 Å². The third kappa shape index (κ3) is 4.74. The molecule has 3 saturated heterocycles. The van der Waals surface area contributed by atoms with Crippen LogP contribution in [0.5, 0.6) is 5.88 Å². The molecule has 1 amide bonds. The minimum atomic E-state index is -0.208. The summed E-state index contributed by atoms with van der Waals surface area (Å²) in [6.45, 7) is 6.15. The van der Waals surface area contributed by atoms with E-state index in [2.05, 4.69) is 33.3 Å². The molecule has 4 fully saturated rings. The lowest BCUT2D eigenvalue weighted by Crippen LogP contribution is -2.67. The van der Waals surface area contributed by atoms with E-state index < -0.39 is 0 Å². The highest BCUT2D eigenvalue weighted by Gasteiger charge is 2.41. The van der Waals surface area contributed by atoms with E-state index in [1.165, 1.54) is 12.7 Å². The fourth-order valence-electron chi connectivity index (χ4n) is 5.56. The van der Waals surface area contributed by atoms with Crippen LogP contribution in [0.1, 0.15) is 43.0 Å². The van der Waals surface area contributed by atoms with Gasteiger partial charge in [0.25, 0.3) is 0 Å². The second-order valence-electron chi connectivity index (χ2n) is 11.3. The van der Waals surface area contributed by atoms with Gasteiger partial charge in [0, 0.05) is 36.9 Å². The van der Waals surface area contributed by atoms with Crippen molar-refractivity contribution in [2.24, 2.45) is 0 Å². The number of imidazole rings is 1. The van der Waals surface area contributed by atoms with Crippen molar-refractivity contribution in [3.8, 4) is 17.3 Å². The fourth-order valence-corrected chi connectivity index (χ4v) is 5.85. The molecule has 200 valence electrons. The molecule has 6 heterocycles. The Labute approximate surface area is 231 Å². The van der Waals surface area contributed by atoms with E-state index in [0.29, 0.717) is 52.9 Å². The molecule has 1 aliphatic carbocycles. The lowest BCUT2D eigenvalue weighted by atomic mass is 9.91. The zero-order chi connectivity index (χ0) is 26.7. The molecule has 1 aromatic carbocycles. The predicted molar refractivity (Wildman–Crippen MR) is 148 cm³/mol. The average molecular weight is 544 g/mol. The van der Waals surface area contributed by atoms with Gasteiger partial charge in [-0.05, 0) is 68.5 Å². The Morgan fingerprint density at radius 2 is 1.95 bits per heavy atom. The summed E-state index contributed by atoms with van der Waals surface area (Å²) < 4.78 is 8.25. The molecule has 2 bridgehead atoms. The molecule has 4 aliphatic rings. The number of fused-ring (bicyclic) bond motifs is 3. The van der Waals surface area contributed by atoms with Crippen molar-refractivity contribution in [3.05, 3.63) is 64.7 Å². The Balaban J connectivity index is 1.24. The molecular weight excluding hydrogens is 514 g/mol. The molecule has 2 atom stereocenters. The maximum atomic E-state index is 13.0. The summed E-state index contributed by atoms with van der Waals surface area (Å²) in [6, 6.07) is 10.7. The molecule has 3 aromatic heterocycles. The third-order valence-corrected chi connectivity index (χ3v) is 8.30. The first-order chi connectivity index (χ1) is 18.8. The smallest absolute Gasteiger partial charge is 0.245 e. The quantitative estimate of drug-likeness (QED) is 0.377. The van der Waals surface area contributed by atoms with Crippen molar-refractivity contribution >= 4 is 28.7 Å². The van der Waals surface area contributed by atoms with Crippen LogP contribution in [0.15, 0.2) is 42.9 Å². The van der Waals surface area contributed by atoms with Gasteiger partial charge in [-0.2, -0.15) is 4.98 Å². The van der Waals surface area contributed by atoms with Crippen molar-refractivity contribution in [2.75, 3.05) is 13.1 Å². The number of nitrogens with zero attached hydrogens (tertiary/aromatic N) is 6. The molecule has 0 radical (unpaired) electrons. The van der Waals surface area contributed by atoms with Crippen molar-refractivity contribution in [2.45, 2.75) is 63.8 Å². The van der Waals surface area contributed by atoms with Crippen molar-refractivity contribution in [1.29, 1.82) is 0 Å². The summed E-state index contributed by atoms with van der Waals surface area (Å²) in [6.07, 6.45) is 6.79. The standard InChI is InChI=1S/C29H30ClN7O2/c1-17-5-8-31-19(9-17)15-37-26(35-25-27(37)32-16-33-28(25)39-29(2)6-7-29)22-4-3-18(10-23(22)30)11-24(38)36-13-20-12-21(14-36)34-20/h3-5,8-10,16,20-21,34H,6-7,11-15H2,1-2H3. The van der Waals surface area contributed by atoms with Gasteiger partial charge in [-0.3, -0.25) is 9.78 Å². The highest BCUT2D eigenvalue weighted by molar-refractivity contribution is 6.33. The van der Waals surface area contributed by atoms with E-state index in [-0.39, 0.29) is 11.5 Å². The van der Waals surface area contributed by atoms with E-state index in [1.807, 2.05) is 46.9 Å². The number of amides is 1. The molecule has 9 nitrogen and oxygen atoms in total. The molecule has 4 aromatic rings. The number of hydrogen-bond acceptors (Lipinski definition) is 7. The number of ether oxygens (including phenoxy) is 1. The van der Waals surface area contributed by atoms with E-state index in [0.717, 1.165) is 48.3 Å². The number of pyridine rings is 1. The Hall–Kier alpha value is -3.56. The summed E-state index contributed by atoms with van der Waals surface area (Å²) in [7, 11) is 0. The number of piperazine rings is 1. The highest BCUT2D eigenvalue weighted by atomic mass is 35.5. The maximum Gasteiger partial charge on any atom is 0.245 e. The lowest BCUT2D eigenvalue weighted by Gasteiger charge is -2.48. The Kier molecular flexibility index (Phi) is 5.82. The first-order valence-corrected chi connectivity index (χ1v) is 13.9. The Bertz CT molecular complexity index is 1580. The third-order valence-electron chi connectivity index (χ3n) is 7.99. The summed E-state index contributed by atoms with van der Waals surface area (Å²) in [5, 5.41) is 4.00. The average Bonchev–Trinajstić information content (AvgIpc) is 3.52. The minimum Gasteiger partial charge on any atom is -0.470 e. The van der Waals surface area contributed by atoms with Gasteiger partial charge in [0.2, 0.25) is 11.8 Å². The maximum absolute atomic E-state index is 13.0. The molecule has 2 unspecified atom stereocenters. The number of piperidine rings is 1. The first-order valence-electron chi connectivity index (χ1n) is 13.5. The largest absolute Gasteiger partial charge is 0.470 e. The molecule has 1 N–H and O–H groups in total. The summed E-state index contributed by atoms with van der Waals surface area (Å²) in [5.74, 6) is 1.27. The molecule has 1 saturated carbocycles. The topological polar surface area (TPSA) is 98.1 Å². The van der Waals surface area contributed by atoms with Gasteiger partial charge in [-0.25, -0.2) is 9.97 Å². The van der Waals surface area contributed by atoms with Gasteiger partial charge in [0.15, 0.2) is 11.2 Å². The lowest BCUT2D eigenvalue weighted by molar-refractivity contribution is -0.134. The SMILES string of the molecule is Cc1ccnc(Cn2c(-c3ccc(CC(=O)N4CC5CC(C4)N5)cc3Cl)nc3c(OC4(C)CC4)ncnc32)c1. The van der Waals surface area contributed by atoms with Crippen molar-refractivity contribution in [3.63, 3.8) is 0 Å². The van der Waals surface area contributed by atoms with Crippen molar-refractivity contribution < 1.29 is 9.53 Å². The molecule has 10 heteroatoms. The number of carbonyl (C=O) groups excluding carboxylic acids is 1. The molecule has 0 spiro atoms. The number of nitrogens with one attached hydrogen (secondary N) is 1. The van der Waals surface area contributed by atoms with Gasteiger partial charge in [0.05, 0.1) is 23.7 Å². The summed E-state index contributed by atoms with van der Waals surface area (Å²) >= 11 is 6.88. The number of benzene rings is 1. The van der Waals surface area contributed by atoms with Crippen LogP contribution in [0.25, 0.3) is 22.6 Å². The number of aryl methyl sites for hydroxylation is 1. The van der Waals surface area contributed by atoms with Gasteiger partial charge < -0.3 is 19.5 Å². The van der Waals surface area contributed by atoms with E-state index >= 15 is 0 Å². The van der Waals surface area contributed by atoms with Gasteiger partial charge in [-0.15, -0.1) is 0 Å². The normalized spacial score (nSPS) is 21.1. The fraction of sp³-hybridized carbons (Fsp3) is 0.414. The zero-order valence-electron chi connectivity index (χ0n) is 22.0. The second kappa shape index (κ2) is 9.27. The highest BCUT2D eigenvalue weighted by Crippen LogP contribution is 2.41. The predicted octanol–water partition coefficient (Wildman–Crippen LogP) is 3.94. The van der Waals surface area contributed by atoms with Crippen LogP contribution in [0.3, 0.4) is 0 Å². The van der Waals surface area contributed by atoms with Gasteiger partial charge >= 0.3 is 0 Å². The number of aromatic nitrogens is 5. The minimum absolute atomic E-state index is 0.137. The van der Waals surface area contributed by atoms with E-state index in [4.69, 9.17) is 21.3 Å². The molecular formula is C29H30ClN7O2. The molecule has 8 rings (SSSR count). The monoisotopic (exact) mass is 543 g/mol. The summed E-state index contributed by atoms with van der Waals surface area (Å²) in [4.78, 5) is 33.5. The van der Waals surface area contributed by atoms with Crippen LogP contribution in [0.4, 0.5) is 0 Å². The zero-order valence-corrected chi connectivity index (χ0v) is 22.8. The number of carbonyl (C=O) groups is 1. The summed E-state index contributed by atoms with van der Waals surface area (Å²) in [5.41, 5.74) is 4.70. The first kappa shape index (κ1) is 24.5.